The largest absolute Gasteiger partial charge is 0.466 e. The van der Waals surface area contributed by atoms with Crippen LogP contribution in [0.3, 0.4) is 0 Å². The van der Waals surface area contributed by atoms with Crippen LogP contribution in [0.5, 0.6) is 0 Å². The average molecular weight is 240 g/mol. The van der Waals surface area contributed by atoms with Gasteiger partial charge in [-0.25, -0.2) is 0 Å². The van der Waals surface area contributed by atoms with Crippen molar-refractivity contribution in [2.75, 3.05) is 33.3 Å². The van der Waals surface area contributed by atoms with Gasteiger partial charge in [0.25, 0.3) is 0 Å². The van der Waals surface area contributed by atoms with E-state index in [0.717, 1.165) is 25.7 Å². The van der Waals surface area contributed by atoms with Gasteiger partial charge in [-0.2, -0.15) is 0 Å². The van der Waals surface area contributed by atoms with E-state index in [9.17, 15) is 4.79 Å². The zero-order valence-corrected chi connectivity index (χ0v) is 11.0. The minimum atomic E-state index is -0.0599. The number of likely N-dealkylation sites (tertiary alicyclic amines) is 1. The Kier molecular flexibility index (Phi) is 4.40. The lowest BCUT2D eigenvalue weighted by Gasteiger charge is -2.25. The van der Waals surface area contributed by atoms with Crippen molar-refractivity contribution in [1.29, 1.82) is 0 Å². The molecule has 2 atom stereocenters. The monoisotopic (exact) mass is 240 g/mol. The first-order valence-corrected chi connectivity index (χ1v) is 6.80. The van der Waals surface area contributed by atoms with Gasteiger partial charge in [-0.15, -0.1) is 0 Å². The van der Waals surface area contributed by atoms with Crippen LogP contribution in [-0.2, 0) is 9.53 Å². The number of hydrogen-bond donors (Lipinski definition) is 0. The van der Waals surface area contributed by atoms with Crippen LogP contribution in [0.15, 0.2) is 0 Å². The summed E-state index contributed by atoms with van der Waals surface area (Å²) in [5.74, 6) is -0.0599. The van der Waals surface area contributed by atoms with Gasteiger partial charge in [0.2, 0.25) is 0 Å². The van der Waals surface area contributed by atoms with E-state index in [1.165, 1.54) is 19.3 Å². The molecule has 2 aliphatic rings. The number of hydrogen-bond acceptors (Lipinski definition) is 4. The predicted octanol–water partition coefficient (Wildman–Crippen LogP) is 1.11. The number of likely N-dealkylation sites (N-methyl/N-ethyl adjacent to an activating group) is 1. The quantitative estimate of drug-likeness (QED) is 0.689. The summed E-state index contributed by atoms with van der Waals surface area (Å²) >= 11 is 0. The Morgan fingerprint density at radius 3 is 2.82 bits per heavy atom. The predicted molar refractivity (Wildman–Crippen MR) is 66.9 cm³/mol. The molecule has 0 N–H and O–H groups in total. The second-order valence-corrected chi connectivity index (χ2v) is 5.19. The molecule has 0 radical (unpaired) electrons. The van der Waals surface area contributed by atoms with Crippen LogP contribution in [0.1, 0.15) is 32.6 Å². The van der Waals surface area contributed by atoms with Crippen molar-refractivity contribution in [2.45, 2.75) is 44.7 Å². The van der Waals surface area contributed by atoms with Crippen molar-refractivity contribution in [3.05, 3.63) is 0 Å². The summed E-state index contributed by atoms with van der Waals surface area (Å²) in [7, 11) is 2.25. The zero-order chi connectivity index (χ0) is 12.3. The van der Waals surface area contributed by atoms with Gasteiger partial charge >= 0.3 is 5.97 Å². The molecular weight excluding hydrogens is 216 g/mol. The van der Waals surface area contributed by atoms with Crippen LogP contribution >= 0.6 is 0 Å². The molecule has 0 amide bonds. The van der Waals surface area contributed by atoms with E-state index in [1.807, 2.05) is 6.92 Å². The lowest BCUT2D eigenvalue weighted by molar-refractivity contribution is -0.143. The van der Waals surface area contributed by atoms with E-state index in [0.29, 0.717) is 19.1 Å². The second kappa shape index (κ2) is 5.83. The van der Waals surface area contributed by atoms with E-state index in [2.05, 4.69) is 16.8 Å². The van der Waals surface area contributed by atoms with E-state index in [1.54, 1.807) is 0 Å². The number of rotatable bonds is 4. The third-order valence-corrected chi connectivity index (χ3v) is 4.17. The van der Waals surface area contributed by atoms with Gasteiger partial charge in [0.1, 0.15) is 0 Å². The second-order valence-electron chi connectivity index (χ2n) is 5.19. The van der Waals surface area contributed by atoms with Crippen LogP contribution in [0.25, 0.3) is 0 Å². The van der Waals surface area contributed by atoms with Crippen molar-refractivity contribution in [3.63, 3.8) is 0 Å². The Bertz CT molecular complexity index is 270. The Labute approximate surface area is 104 Å². The van der Waals surface area contributed by atoms with Crippen LogP contribution in [0, 0.1) is 0 Å². The molecule has 0 spiro atoms. The minimum Gasteiger partial charge on any atom is -0.466 e. The summed E-state index contributed by atoms with van der Waals surface area (Å²) in [6.45, 7) is 5.46. The van der Waals surface area contributed by atoms with E-state index >= 15 is 0 Å². The number of fused-ring (bicyclic) bond motifs is 2. The molecule has 0 aromatic carbocycles. The van der Waals surface area contributed by atoms with Crippen molar-refractivity contribution in [1.82, 2.24) is 9.80 Å². The number of nitrogens with zero attached hydrogens (tertiary/aromatic N) is 2. The maximum atomic E-state index is 11.3. The standard InChI is InChI=1S/C13H24N2O2/c1-3-17-13(16)7-9-15-8-6-11-4-5-12(10-15)14(11)2/h11-12H,3-10H2,1-2H3. The fraction of sp³-hybridized carbons (Fsp3) is 0.923. The van der Waals surface area contributed by atoms with Gasteiger partial charge in [-0.3, -0.25) is 9.69 Å². The summed E-state index contributed by atoms with van der Waals surface area (Å²) in [4.78, 5) is 16.3. The molecule has 0 aromatic heterocycles. The van der Waals surface area contributed by atoms with Crippen molar-refractivity contribution < 1.29 is 9.53 Å². The van der Waals surface area contributed by atoms with Gasteiger partial charge < -0.3 is 9.64 Å². The smallest absolute Gasteiger partial charge is 0.307 e. The number of ether oxygens (including phenoxy) is 1. The van der Waals surface area contributed by atoms with E-state index < -0.39 is 0 Å². The highest BCUT2D eigenvalue weighted by Crippen LogP contribution is 2.28. The van der Waals surface area contributed by atoms with Crippen molar-refractivity contribution in [3.8, 4) is 0 Å². The first kappa shape index (κ1) is 12.8. The van der Waals surface area contributed by atoms with Gasteiger partial charge in [0.05, 0.1) is 13.0 Å². The summed E-state index contributed by atoms with van der Waals surface area (Å²) < 4.78 is 4.97. The summed E-state index contributed by atoms with van der Waals surface area (Å²) in [5.41, 5.74) is 0. The fourth-order valence-electron chi connectivity index (χ4n) is 3.06. The fourth-order valence-corrected chi connectivity index (χ4v) is 3.06. The Morgan fingerprint density at radius 2 is 2.06 bits per heavy atom. The van der Waals surface area contributed by atoms with Gasteiger partial charge in [0.15, 0.2) is 0 Å². The van der Waals surface area contributed by atoms with Crippen LogP contribution in [-0.4, -0.2) is 61.1 Å². The molecule has 2 fully saturated rings. The third-order valence-electron chi connectivity index (χ3n) is 4.17. The molecule has 2 heterocycles. The topological polar surface area (TPSA) is 32.8 Å². The minimum absolute atomic E-state index is 0.0599. The van der Waals surface area contributed by atoms with Gasteiger partial charge in [-0.05, 0) is 39.8 Å². The SMILES string of the molecule is CCOC(=O)CCN1CCC2CCC(C1)N2C. The zero-order valence-electron chi connectivity index (χ0n) is 11.0. The van der Waals surface area contributed by atoms with Crippen molar-refractivity contribution in [2.24, 2.45) is 0 Å². The van der Waals surface area contributed by atoms with Crippen LogP contribution in [0.2, 0.25) is 0 Å². The van der Waals surface area contributed by atoms with Crippen LogP contribution in [0.4, 0.5) is 0 Å². The Hall–Kier alpha value is -0.610. The number of carbonyl (C=O) groups excluding carboxylic acids is 1. The highest BCUT2D eigenvalue weighted by Gasteiger charge is 2.34. The summed E-state index contributed by atoms with van der Waals surface area (Å²) in [6, 6.07) is 1.47. The lowest BCUT2D eigenvalue weighted by Crippen LogP contribution is -2.37. The molecule has 2 unspecified atom stereocenters. The molecule has 0 aliphatic carbocycles. The van der Waals surface area contributed by atoms with E-state index in [4.69, 9.17) is 4.74 Å². The summed E-state index contributed by atoms with van der Waals surface area (Å²) in [5, 5.41) is 0. The van der Waals surface area contributed by atoms with Gasteiger partial charge in [-0.1, -0.05) is 0 Å². The number of carbonyl (C=O) groups is 1. The Balaban J connectivity index is 1.77. The van der Waals surface area contributed by atoms with Crippen molar-refractivity contribution >= 4 is 5.97 Å². The summed E-state index contributed by atoms with van der Waals surface area (Å²) in [6.07, 6.45) is 4.45. The molecule has 2 rings (SSSR count). The molecule has 4 nitrogen and oxygen atoms in total. The molecule has 98 valence electrons. The Morgan fingerprint density at radius 1 is 1.29 bits per heavy atom. The molecule has 17 heavy (non-hydrogen) atoms. The first-order valence-electron chi connectivity index (χ1n) is 6.80. The third kappa shape index (κ3) is 3.19. The molecule has 0 aromatic rings. The normalized spacial score (nSPS) is 30.2. The lowest BCUT2D eigenvalue weighted by atomic mass is 10.1. The molecule has 4 heteroatoms. The maximum absolute atomic E-state index is 11.3. The first-order chi connectivity index (χ1) is 8.20. The highest BCUT2D eigenvalue weighted by molar-refractivity contribution is 5.69. The highest BCUT2D eigenvalue weighted by atomic mass is 16.5. The van der Waals surface area contributed by atoms with Crippen LogP contribution < -0.4 is 0 Å². The molecule has 2 aliphatic heterocycles. The average Bonchev–Trinajstić information content (AvgIpc) is 2.53. The number of esters is 1. The molecule has 2 bridgehead atoms. The molecule has 2 saturated heterocycles. The molecule has 0 saturated carbocycles. The molecular formula is C13H24N2O2. The van der Waals surface area contributed by atoms with E-state index in [-0.39, 0.29) is 5.97 Å². The van der Waals surface area contributed by atoms with Gasteiger partial charge in [0, 0.05) is 25.2 Å². The maximum Gasteiger partial charge on any atom is 0.307 e.